The Kier molecular flexibility index (Phi) is 5.59. The highest BCUT2D eigenvalue weighted by atomic mass is 79.9. The number of alkyl halides is 1. The molecule has 18 heavy (non-hydrogen) atoms. The van der Waals surface area contributed by atoms with Gasteiger partial charge >= 0.3 is 0 Å². The molecule has 3 nitrogen and oxygen atoms in total. The molecule has 5 heteroatoms. The highest BCUT2D eigenvalue weighted by molar-refractivity contribution is 9.09. The second kappa shape index (κ2) is 6.73. The van der Waals surface area contributed by atoms with Crippen molar-refractivity contribution in [2.45, 2.75) is 31.1 Å². The van der Waals surface area contributed by atoms with Crippen LogP contribution >= 0.6 is 15.9 Å². The molecule has 1 amide bonds. The molecule has 1 aromatic carbocycles. The SMILES string of the molecule is COc1cc(C(=O)NC(C)CC(C)Br)ccc1F. The third kappa shape index (κ3) is 4.29. The van der Waals surface area contributed by atoms with Gasteiger partial charge in [0.1, 0.15) is 0 Å². The van der Waals surface area contributed by atoms with Crippen LogP contribution in [0.4, 0.5) is 4.39 Å². The number of nitrogens with one attached hydrogen (secondary N) is 1. The number of carbonyl (C=O) groups is 1. The van der Waals surface area contributed by atoms with E-state index >= 15 is 0 Å². The maximum Gasteiger partial charge on any atom is 0.251 e. The molecule has 0 bridgehead atoms. The molecular weight excluding hydrogens is 301 g/mol. The fourth-order valence-corrected chi connectivity index (χ4v) is 2.21. The van der Waals surface area contributed by atoms with E-state index in [0.717, 1.165) is 6.42 Å². The number of hydrogen-bond acceptors (Lipinski definition) is 2. The summed E-state index contributed by atoms with van der Waals surface area (Å²) in [6.45, 7) is 3.94. The van der Waals surface area contributed by atoms with E-state index in [1.165, 1.54) is 25.3 Å². The van der Waals surface area contributed by atoms with Gasteiger partial charge in [0.2, 0.25) is 0 Å². The Morgan fingerprint density at radius 3 is 2.72 bits per heavy atom. The fourth-order valence-electron chi connectivity index (χ4n) is 1.65. The Morgan fingerprint density at radius 2 is 2.17 bits per heavy atom. The first-order valence-corrected chi connectivity index (χ1v) is 6.64. The van der Waals surface area contributed by atoms with Gasteiger partial charge in [-0.15, -0.1) is 0 Å². The van der Waals surface area contributed by atoms with Crippen LogP contribution in [0.3, 0.4) is 0 Å². The second-order valence-corrected chi connectivity index (χ2v) is 5.80. The number of rotatable bonds is 5. The molecule has 0 aliphatic heterocycles. The number of amides is 1. The molecule has 1 N–H and O–H groups in total. The molecule has 0 heterocycles. The molecular formula is C13H17BrFNO2. The summed E-state index contributed by atoms with van der Waals surface area (Å²) in [5.74, 6) is -0.630. The van der Waals surface area contributed by atoms with Crippen molar-refractivity contribution in [1.29, 1.82) is 0 Å². The molecule has 1 rings (SSSR count). The third-order valence-electron chi connectivity index (χ3n) is 2.47. The number of carbonyl (C=O) groups excluding carboxylic acids is 1. The van der Waals surface area contributed by atoms with Crippen LogP contribution in [-0.4, -0.2) is 23.9 Å². The lowest BCUT2D eigenvalue weighted by molar-refractivity contribution is 0.0938. The molecule has 100 valence electrons. The average Bonchev–Trinajstić information content (AvgIpc) is 2.28. The highest BCUT2D eigenvalue weighted by Crippen LogP contribution is 2.18. The van der Waals surface area contributed by atoms with E-state index in [1.54, 1.807) is 0 Å². The summed E-state index contributed by atoms with van der Waals surface area (Å²) in [6, 6.07) is 4.11. The van der Waals surface area contributed by atoms with Crippen LogP contribution in [0.1, 0.15) is 30.6 Å². The highest BCUT2D eigenvalue weighted by Gasteiger charge is 2.13. The van der Waals surface area contributed by atoms with E-state index in [9.17, 15) is 9.18 Å². The normalized spacial score (nSPS) is 13.8. The third-order valence-corrected chi connectivity index (χ3v) is 2.84. The lowest BCUT2D eigenvalue weighted by Crippen LogP contribution is -2.33. The van der Waals surface area contributed by atoms with Gasteiger partial charge in [0.25, 0.3) is 5.91 Å². The second-order valence-electron chi connectivity index (χ2n) is 4.24. The largest absolute Gasteiger partial charge is 0.494 e. The van der Waals surface area contributed by atoms with Crippen LogP contribution in [0.2, 0.25) is 0 Å². The zero-order valence-electron chi connectivity index (χ0n) is 10.7. The Bertz CT molecular complexity index is 423. The van der Waals surface area contributed by atoms with Gasteiger partial charge in [0.15, 0.2) is 11.6 Å². The van der Waals surface area contributed by atoms with Crippen LogP contribution in [0.25, 0.3) is 0 Å². The Labute approximate surface area is 115 Å². The Hall–Kier alpha value is -1.10. The van der Waals surface area contributed by atoms with Gasteiger partial charge in [0.05, 0.1) is 7.11 Å². The molecule has 1 aromatic rings. The van der Waals surface area contributed by atoms with Gasteiger partial charge < -0.3 is 10.1 Å². The van der Waals surface area contributed by atoms with Gasteiger partial charge in [0, 0.05) is 16.4 Å². The van der Waals surface area contributed by atoms with Gasteiger partial charge in [-0.3, -0.25) is 4.79 Å². The first-order valence-electron chi connectivity index (χ1n) is 5.72. The molecule has 0 saturated heterocycles. The van der Waals surface area contributed by atoms with Crippen molar-refractivity contribution in [1.82, 2.24) is 5.32 Å². The molecule has 2 unspecified atom stereocenters. The first kappa shape index (κ1) is 15.0. The van der Waals surface area contributed by atoms with Crippen LogP contribution in [0.15, 0.2) is 18.2 Å². The van der Waals surface area contributed by atoms with Crippen molar-refractivity contribution < 1.29 is 13.9 Å². The smallest absolute Gasteiger partial charge is 0.251 e. The van der Waals surface area contributed by atoms with E-state index < -0.39 is 5.82 Å². The van der Waals surface area contributed by atoms with E-state index in [-0.39, 0.29) is 17.7 Å². The zero-order chi connectivity index (χ0) is 13.7. The molecule has 0 aromatic heterocycles. The molecule has 0 aliphatic rings. The predicted octanol–water partition coefficient (Wildman–Crippen LogP) is 3.13. The molecule has 2 atom stereocenters. The number of hydrogen-bond donors (Lipinski definition) is 1. The van der Waals surface area contributed by atoms with Crippen LogP contribution in [-0.2, 0) is 0 Å². The van der Waals surface area contributed by atoms with Crippen molar-refractivity contribution >= 4 is 21.8 Å². The standard InChI is InChI=1S/C13H17BrFNO2/c1-8(14)6-9(2)16-13(17)10-4-5-11(15)12(7-10)18-3/h4-5,7-9H,6H2,1-3H3,(H,16,17). The summed E-state index contributed by atoms with van der Waals surface area (Å²) in [5, 5.41) is 2.85. The van der Waals surface area contributed by atoms with Crippen molar-refractivity contribution in [3.05, 3.63) is 29.6 Å². The van der Waals surface area contributed by atoms with Crippen LogP contribution < -0.4 is 10.1 Å². The zero-order valence-corrected chi connectivity index (χ0v) is 12.3. The molecule has 0 aliphatic carbocycles. The summed E-state index contributed by atoms with van der Waals surface area (Å²) in [7, 11) is 1.37. The number of benzene rings is 1. The van der Waals surface area contributed by atoms with Gasteiger partial charge in [-0.05, 0) is 31.5 Å². The summed E-state index contributed by atoms with van der Waals surface area (Å²) in [4.78, 5) is 12.2. The molecule has 0 fully saturated rings. The first-order chi connectivity index (χ1) is 8.43. The van der Waals surface area contributed by atoms with E-state index in [4.69, 9.17) is 4.74 Å². The quantitative estimate of drug-likeness (QED) is 0.847. The molecule has 0 saturated carbocycles. The Balaban J connectivity index is 2.72. The van der Waals surface area contributed by atoms with Crippen molar-refractivity contribution in [2.24, 2.45) is 0 Å². The van der Waals surface area contributed by atoms with Gasteiger partial charge in [-0.2, -0.15) is 0 Å². The summed E-state index contributed by atoms with van der Waals surface area (Å²) < 4.78 is 18.0. The Morgan fingerprint density at radius 1 is 1.50 bits per heavy atom. The molecule has 0 spiro atoms. The summed E-state index contributed by atoms with van der Waals surface area (Å²) >= 11 is 3.43. The van der Waals surface area contributed by atoms with Gasteiger partial charge in [-0.1, -0.05) is 22.9 Å². The van der Waals surface area contributed by atoms with Crippen molar-refractivity contribution in [3.8, 4) is 5.75 Å². The lowest BCUT2D eigenvalue weighted by Gasteiger charge is -2.15. The minimum atomic E-state index is -0.476. The number of halogens is 2. The monoisotopic (exact) mass is 317 g/mol. The number of ether oxygens (including phenoxy) is 1. The maximum atomic E-state index is 13.2. The maximum absolute atomic E-state index is 13.2. The summed E-state index contributed by atoms with van der Waals surface area (Å²) in [6.07, 6.45) is 0.823. The molecule has 0 radical (unpaired) electrons. The summed E-state index contributed by atoms with van der Waals surface area (Å²) in [5.41, 5.74) is 0.391. The van der Waals surface area contributed by atoms with E-state index in [0.29, 0.717) is 10.4 Å². The fraction of sp³-hybridized carbons (Fsp3) is 0.462. The van der Waals surface area contributed by atoms with E-state index in [2.05, 4.69) is 21.2 Å². The minimum Gasteiger partial charge on any atom is -0.494 e. The van der Waals surface area contributed by atoms with Gasteiger partial charge in [-0.25, -0.2) is 4.39 Å². The predicted molar refractivity (Wildman–Crippen MR) is 72.9 cm³/mol. The average molecular weight is 318 g/mol. The van der Waals surface area contributed by atoms with Crippen molar-refractivity contribution in [3.63, 3.8) is 0 Å². The number of methoxy groups -OCH3 is 1. The van der Waals surface area contributed by atoms with E-state index in [1.807, 2.05) is 13.8 Å². The minimum absolute atomic E-state index is 0.0444. The van der Waals surface area contributed by atoms with Crippen molar-refractivity contribution in [2.75, 3.05) is 7.11 Å². The lowest BCUT2D eigenvalue weighted by atomic mass is 10.1. The topological polar surface area (TPSA) is 38.3 Å². The van der Waals surface area contributed by atoms with Crippen LogP contribution in [0, 0.1) is 5.82 Å². The van der Waals surface area contributed by atoms with Crippen LogP contribution in [0.5, 0.6) is 5.75 Å².